The zero-order chi connectivity index (χ0) is 5.15. The van der Waals surface area contributed by atoms with Crippen LogP contribution in [0.15, 0.2) is 0 Å². The lowest BCUT2D eigenvalue weighted by Gasteiger charge is -2.05. The Bertz CT molecular complexity index is 26.5. The molecule has 0 unspecified atom stereocenters. The Kier molecular flexibility index (Phi) is 2.38. The Labute approximate surface area is 42.1 Å². The van der Waals surface area contributed by atoms with E-state index < -0.39 is 0 Å². The molecule has 2 atom stereocenters. The fourth-order valence-corrected chi connectivity index (χ4v) is 0. The van der Waals surface area contributed by atoms with E-state index in [1.54, 1.807) is 0 Å². The molecule has 0 aliphatic heterocycles. The minimum absolute atomic E-state index is 0.852. The van der Waals surface area contributed by atoms with Crippen LogP contribution in [0.2, 0.25) is 11.6 Å². The van der Waals surface area contributed by atoms with E-state index in [4.69, 9.17) is 0 Å². The Morgan fingerprint density at radius 3 is 1.17 bits per heavy atom. The number of hydrogen-bond acceptors (Lipinski definition) is 0. The molecule has 0 rings (SSSR count). The highest BCUT2D eigenvalue weighted by Crippen LogP contribution is 2.12. The molecule has 0 N–H and O–H groups in total. The minimum Gasteiger partial charge on any atom is -0.0769 e. The van der Waals surface area contributed by atoms with Gasteiger partial charge in [-0.2, -0.15) is 0 Å². The van der Waals surface area contributed by atoms with Crippen LogP contribution in [-0.4, -0.2) is 15.7 Å². The number of hydrogen-bond donors (Lipinski definition) is 0. The predicted octanol–water partition coefficient (Wildman–Crippen LogP) is -0.131. The third-order valence-corrected chi connectivity index (χ3v) is 1.33. The van der Waals surface area contributed by atoms with Crippen molar-refractivity contribution < 1.29 is 0 Å². The van der Waals surface area contributed by atoms with Gasteiger partial charge in [-0.3, -0.25) is 0 Å². The third kappa shape index (κ3) is 2.37. The maximum absolute atomic E-state index is 2.24. The molecular weight excluding hydrogens is 69.7 g/mol. The second-order valence-electron chi connectivity index (χ2n) is 2.49. The van der Waals surface area contributed by atoms with Crippen molar-refractivity contribution in [3.05, 3.63) is 0 Å². The van der Waals surface area contributed by atoms with E-state index in [-0.39, 0.29) is 0 Å². The fraction of sp³-hybridized carbons (Fsp3) is 1.00. The molecule has 0 aliphatic rings. The fourth-order valence-electron chi connectivity index (χ4n) is 0. The summed E-state index contributed by atoms with van der Waals surface area (Å²) in [5, 5.41) is 0. The molecular formula is C4H12B2. The van der Waals surface area contributed by atoms with Gasteiger partial charge in [0, 0.05) is 0 Å². The molecule has 0 fully saturated rings. The zero-order valence-electron chi connectivity index (χ0n) is 5.15. The molecule has 0 spiro atoms. The van der Waals surface area contributed by atoms with Gasteiger partial charge in [0.25, 0.3) is 0 Å². The Morgan fingerprint density at radius 2 is 1.17 bits per heavy atom. The van der Waals surface area contributed by atoms with E-state index in [1.165, 1.54) is 0 Å². The second-order valence-corrected chi connectivity index (χ2v) is 2.49. The van der Waals surface area contributed by atoms with Gasteiger partial charge in [0.15, 0.2) is 0 Å². The molecule has 0 aromatic heterocycles. The summed E-state index contributed by atoms with van der Waals surface area (Å²) in [6, 6.07) is 0. The zero-order valence-corrected chi connectivity index (χ0v) is 5.15. The van der Waals surface area contributed by atoms with Crippen molar-refractivity contribution in [1.29, 1.82) is 0 Å². The molecule has 0 nitrogen and oxygen atoms in total. The maximum atomic E-state index is 2.24. The summed E-state index contributed by atoms with van der Waals surface area (Å²) in [5.41, 5.74) is 0. The van der Waals surface area contributed by atoms with Crippen LogP contribution in [0.1, 0.15) is 13.8 Å². The standard InChI is InChI=1S/C4H12B2/c1-3(5)4(2)6/h3-4H,5-6H2,1-2H3/t3-,4-/m1/s1. The largest absolute Gasteiger partial charge is 0.104 e. The van der Waals surface area contributed by atoms with Crippen LogP contribution in [0.3, 0.4) is 0 Å². The van der Waals surface area contributed by atoms with Crippen molar-refractivity contribution in [2.24, 2.45) is 0 Å². The van der Waals surface area contributed by atoms with Gasteiger partial charge >= 0.3 is 0 Å². The van der Waals surface area contributed by atoms with E-state index in [2.05, 4.69) is 29.5 Å². The van der Waals surface area contributed by atoms with Crippen LogP contribution in [0.25, 0.3) is 0 Å². The molecule has 6 heavy (non-hydrogen) atoms. The molecule has 0 heterocycles. The van der Waals surface area contributed by atoms with Gasteiger partial charge in [-0.25, -0.2) is 0 Å². The summed E-state index contributed by atoms with van der Waals surface area (Å²) < 4.78 is 0. The summed E-state index contributed by atoms with van der Waals surface area (Å²) in [4.78, 5) is 0. The Hall–Kier alpha value is 0.130. The topological polar surface area (TPSA) is 0 Å². The Morgan fingerprint density at radius 1 is 1.00 bits per heavy atom. The van der Waals surface area contributed by atoms with Crippen molar-refractivity contribution in [2.45, 2.75) is 25.5 Å². The van der Waals surface area contributed by atoms with Gasteiger partial charge in [-0.1, -0.05) is 25.5 Å². The van der Waals surface area contributed by atoms with Gasteiger partial charge in [0.05, 0.1) is 0 Å². The van der Waals surface area contributed by atoms with E-state index in [0.29, 0.717) is 0 Å². The highest BCUT2D eigenvalue weighted by molar-refractivity contribution is 6.20. The summed E-state index contributed by atoms with van der Waals surface area (Å²) in [6.45, 7) is 4.48. The smallest absolute Gasteiger partial charge is 0.0769 e. The van der Waals surface area contributed by atoms with Crippen molar-refractivity contribution in [3.8, 4) is 0 Å². The van der Waals surface area contributed by atoms with Crippen LogP contribution in [0, 0.1) is 0 Å². The van der Waals surface area contributed by atoms with Gasteiger partial charge in [-0.05, 0) is 0 Å². The lowest BCUT2D eigenvalue weighted by molar-refractivity contribution is 0.875. The first-order chi connectivity index (χ1) is 2.64. The SMILES string of the molecule is B[C@H](C)[C@H](B)C. The molecule has 2 heteroatoms. The molecule has 0 aliphatic carbocycles. The third-order valence-electron chi connectivity index (χ3n) is 1.33. The van der Waals surface area contributed by atoms with Crippen molar-refractivity contribution in [2.75, 3.05) is 0 Å². The molecule has 0 radical (unpaired) electrons. The van der Waals surface area contributed by atoms with Gasteiger partial charge in [-0.15, -0.1) is 0 Å². The lowest BCUT2D eigenvalue weighted by Crippen LogP contribution is -1.92. The summed E-state index contributed by atoms with van der Waals surface area (Å²) in [6.07, 6.45) is 0. The monoisotopic (exact) mass is 82.1 g/mol. The normalized spacial score (nSPS) is 19.7. The van der Waals surface area contributed by atoms with Crippen molar-refractivity contribution in [1.82, 2.24) is 0 Å². The first-order valence-corrected chi connectivity index (χ1v) is 2.64. The Balaban J connectivity index is 2.99. The average Bonchev–Trinajstić information content (AvgIpc) is 1.36. The highest BCUT2D eigenvalue weighted by atomic mass is 13.9. The first kappa shape index (κ1) is 6.13. The number of rotatable bonds is 1. The van der Waals surface area contributed by atoms with Gasteiger partial charge in [0.1, 0.15) is 15.7 Å². The molecule has 0 bridgehead atoms. The van der Waals surface area contributed by atoms with Crippen LogP contribution in [0.5, 0.6) is 0 Å². The average molecular weight is 81.8 g/mol. The predicted molar refractivity (Wildman–Crippen MR) is 35.9 cm³/mol. The van der Waals surface area contributed by atoms with Crippen molar-refractivity contribution in [3.63, 3.8) is 0 Å². The molecule has 0 aromatic carbocycles. The second kappa shape index (κ2) is 2.33. The first-order valence-electron chi connectivity index (χ1n) is 2.64. The van der Waals surface area contributed by atoms with Gasteiger partial charge in [0.2, 0.25) is 0 Å². The molecule has 0 saturated heterocycles. The molecule has 34 valence electrons. The summed E-state index contributed by atoms with van der Waals surface area (Å²) in [7, 11) is 4.48. The van der Waals surface area contributed by atoms with E-state index in [9.17, 15) is 0 Å². The van der Waals surface area contributed by atoms with Crippen LogP contribution >= 0.6 is 0 Å². The minimum atomic E-state index is 0.852. The quantitative estimate of drug-likeness (QED) is 0.386. The highest BCUT2D eigenvalue weighted by Gasteiger charge is 1.96. The van der Waals surface area contributed by atoms with E-state index in [0.717, 1.165) is 11.6 Å². The van der Waals surface area contributed by atoms with Crippen molar-refractivity contribution >= 4 is 15.7 Å². The molecule has 0 amide bonds. The molecule has 0 saturated carbocycles. The maximum Gasteiger partial charge on any atom is 0.104 e. The molecule has 0 aromatic rings. The summed E-state index contributed by atoms with van der Waals surface area (Å²) in [5.74, 6) is 1.70. The summed E-state index contributed by atoms with van der Waals surface area (Å²) >= 11 is 0. The van der Waals surface area contributed by atoms with E-state index >= 15 is 0 Å². The van der Waals surface area contributed by atoms with Crippen LogP contribution in [-0.2, 0) is 0 Å². The lowest BCUT2D eigenvalue weighted by atomic mass is 9.69. The van der Waals surface area contributed by atoms with E-state index in [1.807, 2.05) is 0 Å². The van der Waals surface area contributed by atoms with Gasteiger partial charge < -0.3 is 0 Å². The van der Waals surface area contributed by atoms with Crippen LogP contribution < -0.4 is 0 Å². The van der Waals surface area contributed by atoms with Crippen LogP contribution in [0.4, 0.5) is 0 Å².